The molecule has 182 valence electrons. The second-order valence-corrected chi connectivity index (χ2v) is 8.50. The molecule has 0 bridgehead atoms. The Morgan fingerprint density at radius 3 is 2.54 bits per heavy atom. The lowest BCUT2D eigenvalue weighted by Gasteiger charge is -2.35. The molecule has 0 aliphatic carbocycles. The van der Waals surface area contributed by atoms with Crippen LogP contribution >= 0.6 is 0 Å². The molecule has 0 radical (unpaired) electrons. The first-order valence-electron chi connectivity index (χ1n) is 11.0. The van der Waals surface area contributed by atoms with Crippen LogP contribution in [0.5, 0.6) is 0 Å². The summed E-state index contributed by atoms with van der Waals surface area (Å²) in [6.07, 6.45) is 3.38. The van der Waals surface area contributed by atoms with Crippen LogP contribution in [0.3, 0.4) is 0 Å². The Bertz CT molecular complexity index is 1330. The van der Waals surface area contributed by atoms with Gasteiger partial charge >= 0.3 is 0 Å². The Morgan fingerprint density at radius 2 is 1.91 bits per heavy atom. The van der Waals surface area contributed by atoms with Gasteiger partial charge in [0.1, 0.15) is 17.3 Å². The van der Waals surface area contributed by atoms with E-state index in [1.807, 2.05) is 17.0 Å². The van der Waals surface area contributed by atoms with Crippen LogP contribution in [0.25, 0.3) is 22.5 Å². The number of pyridine rings is 1. The summed E-state index contributed by atoms with van der Waals surface area (Å²) >= 11 is 0. The first-order chi connectivity index (χ1) is 16.8. The van der Waals surface area contributed by atoms with Gasteiger partial charge in [-0.3, -0.25) is 5.10 Å². The predicted octanol–water partition coefficient (Wildman–Crippen LogP) is 3.59. The molecule has 3 aromatic heterocycles. The van der Waals surface area contributed by atoms with Crippen LogP contribution in [-0.4, -0.2) is 60.4 Å². The molecule has 1 aliphatic rings. The standard InChI is InChI=1S/C23H23F3N8O/c1-33-22(29-15-3-4-16(18(24)10-15)17-12-28-31-20(17)25)30-21(32-33)14-2-5-19(27-11-14)34-8-6-23(26,13-35)7-9-34/h2-5,10-12,35H,6-9,13H2,1H3,(H,28,31)(H,29,30,32). The molecule has 9 nitrogen and oxygen atoms in total. The third-order valence-electron chi connectivity index (χ3n) is 6.14. The summed E-state index contributed by atoms with van der Waals surface area (Å²) in [7, 11) is 1.70. The molecular weight excluding hydrogens is 461 g/mol. The van der Waals surface area contributed by atoms with Crippen LogP contribution in [0.4, 0.5) is 30.6 Å². The maximum Gasteiger partial charge on any atom is 0.225 e. The normalized spacial score (nSPS) is 15.4. The van der Waals surface area contributed by atoms with Gasteiger partial charge < -0.3 is 15.3 Å². The SMILES string of the molecule is Cn1nc(-c2ccc(N3CCC(F)(CO)CC3)nc2)nc1Nc1ccc(-c2cn[nH]c2F)c(F)c1. The average Bonchev–Trinajstić information content (AvgIpc) is 3.45. The van der Waals surface area contributed by atoms with Crippen molar-refractivity contribution in [1.82, 2.24) is 29.9 Å². The molecule has 4 heterocycles. The first-order valence-corrected chi connectivity index (χ1v) is 11.0. The largest absolute Gasteiger partial charge is 0.393 e. The summed E-state index contributed by atoms with van der Waals surface area (Å²) in [4.78, 5) is 10.9. The Morgan fingerprint density at radius 1 is 1.11 bits per heavy atom. The van der Waals surface area contributed by atoms with E-state index < -0.39 is 24.0 Å². The number of nitrogens with zero attached hydrogens (tertiary/aromatic N) is 6. The Hall–Kier alpha value is -3.93. The molecular formula is C23H23F3N8O. The van der Waals surface area contributed by atoms with Gasteiger partial charge in [0, 0.05) is 56.0 Å². The van der Waals surface area contributed by atoms with Crippen LogP contribution in [0.15, 0.2) is 42.7 Å². The van der Waals surface area contributed by atoms with Crippen LogP contribution < -0.4 is 10.2 Å². The fourth-order valence-electron chi connectivity index (χ4n) is 4.01. The monoisotopic (exact) mass is 484 g/mol. The number of nitrogens with one attached hydrogen (secondary N) is 2. The van der Waals surface area contributed by atoms with Gasteiger partial charge in [0.2, 0.25) is 11.9 Å². The maximum absolute atomic E-state index is 14.6. The Labute approximate surface area is 198 Å². The van der Waals surface area contributed by atoms with Crippen LogP contribution in [0, 0.1) is 11.8 Å². The molecule has 0 saturated carbocycles. The smallest absolute Gasteiger partial charge is 0.225 e. The van der Waals surface area contributed by atoms with E-state index in [9.17, 15) is 18.3 Å². The van der Waals surface area contributed by atoms with Crippen molar-refractivity contribution >= 4 is 17.5 Å². The number of hydrogen-bond acceptors (Lipinski definition) is 7. The summed E-state index contributed by atoms with van der Waals surface area (Å²) < 4.78 is 44.0. The van der Waals surface area contributed by atoms with Crippen molar-refractivity contribution in [3.63, 3.8) is 0 Å². The highest BCUT2D eigenvalue weighted by Gasteiger charge is 2.34. The summed E-state index contributed by atoms with van der Waals surface area (Å²) in [5.74, 6) is 0.202. The number of aliphatic hydroxyl groups excluding tert-OH is 1. The van der Waals surface area contributed by atoms with Gasteiger partial charge in [0.05, 0.1) is 18.4 Å². The fourth-order valence-corrected chi connectivity index (χ4v) is 4.01. The molecule has 1 fully saturated rings. The second-order valence-electron chi connectivity index (χ2n) is 8.50. The molecule has 1 saturated heterocycles. The Kier molecular flexibility index (Phi) is 5.89. The minimum atomic E-state index is -1.52. The van der Waals surface area contributed by atoms with Crippen molar-refractivity contribution in [2.45, 2.75) is 18.5 Å². The number of anilines is 3. The number of hydrogen-bond donors (Lipinski definition) is 3. The van der Waals surface area contributed by atoms with E-state index in [4.69, 9.17) is 0 Å². The van der Waals surface area contributed by atoms with E-state index in [0.717, 1.165) is 0 Å². The van der Waals surface area contributed by atoms with Crippen molar-refractivity contribution in [3.05, 3.63) is 54.5 Å². The molecule has 0 unspecified atom stereocenters. The lowest BCUT2D eigenvalue weighted by molar-refractivity contribution is 0.0480. The minimum absolute atomic E-state index is 0.0490. The summed E-state index contributed by atoms with van der Waals surface area (Å²) in [6, 6.07) is 7.97. The van der Waals surface area contributed by atoms with Gasteiger partial charge in [-0.05, 0) is 30.3 Å². The van der Waals surface area contributed by atoms with E-state index in [0.29, 0.717) is 41.9 Å². The van der Waals surface area contributed by atoms with Crippen LogP contribution in [0.2, 0.25) is 0 Å². The number of aliphatic hydroxyl groups is 1. The number of H-pyrrole nitrogens is 1. The summed E-state index contributed by atoms with van der Waals surface area (Å²) in [6.45, 7) is 0.485. The van der Waals surface area contributed by atoms with Crippen molar-refractivity contribution in [2.75, 3.05) is 29.9 Å². The second kappa shape index (κ2) is 9.02. The third-order valence-corrected chi connectivity index (χ3v) is 6.14. The van der Waals surface area contributed by atoms with E-state index >= 15 is 0 Å². The number of aromatic nitrogens is 6. The van der Waals surface area contributed by atoms with Gasteiger partial charge in [-0.25, -0.2) is 18.4 Å². The molecule has 5 rings (SSSR count). The number of halogens is 3. The minimum Gasteiger partial charge on any atom is -0.393 e. The summed E-state index contributed by atoms with van der Waals surface area (Å²) in [5.41, 5.74) is -0.276. The molecule has 12 heteroatoms. The third kappa shape index (κ3) is 4.56. The fraction of sp³-hybridized carbons (Fsp3) is 0.304. The van der Waals surface area contributed by atoms with Gasteiger partial charge in [0.15, 0.2) is 5.82 Å². The van der Waals surface area contributed by atoms with Crippen molar-refractivity contribution in [3.8, 4) is 22.5 Å². The zero-order valence-electron chi connectivity index (χ0n) is 18.8. The molecule has 1 aliphatic heterocycles. The average molecular weight is 484 g/mol. The number of piperidine rings is 1. The van der Waals surface area contributed by atoms with Gasteiger partial charge in [-0.15, -0.1) is 5.10 Å². The molecule has 0 spiro atoms. The number of aryl methyl sites for hydroxylation is 1. The van der Waals surface area contributed by atoms with E-state index in [-0.39, 0.29) is 24.0 Å². The van der Waals surface area contributed by atoms with Gasteiger partial charge in [-0.1, -0.05) is 0 Å². The van der Waals surface area contributed by atoms with Crippen molar-refractivity contribution in [2.24, 2.45) is 7.05 Å². The number of rotatable bonds is 6. The van der Waals surface area contributed by atoms with Crippen molar-refractivity contribution in [1.29, 1.82) is 0 Å². The molecule has 1 aromatic carbocycles. The van der Waals surface area contributed by atoms with Gasteiger partial charge in [-0.2, -0.15) is 14.5 Å². The zero-order chi connectivity index (χ0) is 24.6. The lowest BCUT2D eigenvalue weighted by atomic mass is 9.94. The molecule has 0 atom stereocenters. The number of alkyl halides is 1. The molecule has 0 amide bonds. The number of aromatic amines is 1. The van der Waals surface area contributed by atoms with E-state index in [1.165, 1.54) is 23.0 Å². The summed E-state index contributed by atoms with van der Waals surface area (Å²) in [5, 5.41) is 22.3. The Balaban J connectivity index is 1.29. The highest BCUT2D eigenvalue weighted by molar-refractivity contribution is 5.68. The van der Waals surface area contributed by atoms with E-state index in [2.05, 4.69) is 30.6 Å². The van der Waals surface area contributed by atoms with E-state index in [1.54, 1.807) is 19.3 Å². The maximum atomic E-state index is 14.6. The zero-order valence-corrected chi connectivity index (χ0v) is 18.8. The predicted molar refractivity (Wildman–Crippen MR) is 124 cm³/mol. The van der Waals surface area contributed by atoms with Crippen molar-refractivity contribution < 1.29 is 18.3 Å². The number of benzene rings is 1. The highest BCUT2D eigenvalue weighted by Crippen LogP contribution is 2.30. The highest BCUT2D eigenvalue weighted by atomic mass is 19.1. The van der Waals surface area contributed by atoms with Gasteiger partial charge in [0.25, 0.3) is 0 Å². The molecule has 4 aromatic rings. The lowest BCUT2D eigenvalue weighted by Crippen LogP contribution is -2.44. The molecule has 35 heavy (non-hydrogen) atoms. The first kappa shape index (κ1) is 22.8. The van der Waals surface area contributed by atoms with Crippen LogP contribution in [0.1, 0.15) is 12.8 Å². The quantitative estimate of drug-likeness (QED) is 0.384. The topological polar surface area (TPSA) is 108 Å². The molecule has 3 N–H and O–H groups in total. The van der Waals surface area contributed by atoms with Crippen LogP contribution in [-0.2, 0) is 7.05 Å².